The highest BCUT2D eigenvalue weighted by molar-refractivity contribution is 5.49. The lowest BCUT2D eigenvalue weighted by atomic mass is 9.97. The van der Waals surface area contributed by atoms with Crippen molar-refractivity contribution in [2.45, 2.75) is 25.2 Å². The number of piperidine rings is 1. The molecular formula is C12H13F6N3. The number of halogens is 6. The Hall–Kier alpha value is -1.67. The van der Waals surface area contributed by atoms with Crippen LogP contribution in [0, 0.1) is 5.92 Å². The van der Waals surface area contributed by atoms with Crippen LogP contribution in [-0.4, -0.2) is 24.2 Å². The number of pyridine rings is 1. The van der Waals surface area contributed by atoms with Gasteiger partial charge in [0.15, 0.2) is 0 Å². The quantitative estimate of drug-likeness (QED) is 0.807. The summed E-state index contributed by atoms with van der Waals surface area (Å²) in [6.07, 6.45) is -8.78. The van der Waals surface area contributed by atoms with Gasteiger partial charge in [0, 0.05) is 13.1 Å². The number of nitrogen functional groups attached to an aromatic ring is 1. The van der Waals surface area contributed by atoms with Crippen LogP contribution < -0.4 is 10.6 Å². The molecule has 21 heavy (non-hydrogen) atoms. The predicted octanol–water partition coefficient (Wildman–Crippen LogP) is 3.46. The Morgan fingerprint density at radius 3 is 2.38 bits per heavy atom. The molecule has 2 N–H and O–H groups in total. The first-order valence-corrected chi connectivity index (χ1v) is 6.24. The number of rotatable bonds is 1. The zero-order valence-electron chi connectivity index (χ0n) is 10.8. The van der Waals surface area contributed by atoms with Gasteiger partial charge in [-0.05, 0) is 25.0 Å². The van der Waals surface area contributed by atoms with Crippen LogP contribution in [0.2, 0.25) is 0 Å². The van der Waals surface area contributed by atoms with Crippen LogP contribution in [0.15, 0.2) is 12.1 Å². The second kappa shape index (κ2) is 5.27. The van der Waals surface area contributed by atoms with Gasteiger partial charge < -0.3 is 10.6 Å². The maximum absolute atomic E-state index is 12.7. The van der Waals surface area contributed by atoms with Crippen LogP contribution >= 0.6 is 0 Å². The van der Waals surface area contributed by atoms with E-state index in [-0.39, 0.29) is 31.0 Å². The van der Waals surface area contributed by atoms with E-state index in [2.05, 4.69) is 4.98 Å². The minimum atomic E-state index is -4.62. The first-order valence-electron chi connectivity index (χ1n) is 6.24. The summed E-state index contributed by atoms with van der Waals surface area (Å²) in [6, 6.07) is 1.39. The number of nitrogens with zero attached hydrogens (tertiary/aromatic N) is 2. The van der Waals surface area contributed by atoms with Gasteiger partial charge in [-0.2, -0.15) is 26.3 Å². The van der Waals surface area contributed by atoms with Gasteiger partial charge in [0.25, 0.3) is 0 Å². The summed E-state index contributed by atoms with van der Waals surface area (Å²) in [5.41, 5.74) is 4.31. The first kappa shape index (κ1) is 15.7. The van der Waals surface area contributed by atoms with E-state index < -0.39 is 30.4 Å². The highest BCUT2D eigenvalue weighted by Gasteiger charge is 2.42. The molecule has 0 amide bonds. The van der Waals surface area contributed by atoms with E-state index in [1.807, 2.05) is 0 Å². The average molecular weight is 313 g/mol. The van der Waals surface area contributed by atoms with Crippen LogP contribution in [0.3, 0.4) is 0 Å². The third kappa shape index (κ3) is 3.70. The van der Waals surface area contributed by atoms with Gasteiger partial charge in [-0.15, -0.1) is 0 Å². The summed E-state index contributed by atoms with van der Waals surface area (Å²) in [5, 5.41) is 0. The molecule has 1 unspecified atom stereocenters. The summed E-state index contributed by atoms with van der Waals surface area (Å²) in [7, 11) is 0. The van der Waals surface area contributed by atoms with Gasteiger partial charge in [-0.1, -0.05) is 0 Å². The van der Waals surface area contributed by atoms with Crippen molar-refractivity contribution < 1.29 is 26.3 Å². The Morgan fingerprint density at radius 2 is 1.81 bits per heavy atom. The van der Waals surface area contributed by atoms with E-state index in [4.69, 9.17) is 5.73 Å². The fourth-order valence-electron chi connectivity index (χ4n) is 2.31. The third-order valence-electron chi connectivity index (χ3n) is 3.37. The lowest BCUT2D eigenvalue weighted by molar-refractivity contribution is -0.176. The van der Waals surface area contributed by atoms with Crippen LogP contribution in [0.1, 0.15) is 18.4 Å². The van der Waals surface area contributed by atoms with Crippen molar-refractivity contribution in [1.29, 1.82) is 0 Å². The topological polar surface area (TPSA) is 42.1 Å². The summed E-state index contributed by atoms with van der Waals surface area (Å²) < 4.78 is 76.3. The van der Waals surface area contributed by atoms with E-state index in [9.17, 15) is 26.3 Å². The molecule has 0 bridgehead atoms. The molecule has 0 spiro atoms. The molecule has 2 heterocycles. The minimum Gasteiger partial charge on any atom is -0.384 e. The fraction of sp³-hybridized carbons (Fsp3) is 0.583. The molecule has 1 aliphatic heterocycles. The van der Waals surface area contributed by atoms with Gasteiger partial charge >= 0.3 is 12.4 Å². The standard InChI is InChI=1S/C12H13F6N3/c13-11(14,15)7-2-1-3-21(6-7)10-5-8(12(16,17)18)4-9(19)20-10/h4-5,7H,1-3,6H2,(H2,19,20). The van der Waals surface area contributed by atoms with E-state index in [1.54, 1.807) is 0 Å². The molecule has 3 nitrogen and oxygen atoms in total. The molecule has 118 valence electrons. The smallest absolute Gasteiger partial charge is 0.384 e. The second-order valence-electron chi connectivity index (χ2n) is 4.96. The summed E-state index contributed by atoms with van der Waals surface area (Å²) in [4.78, 5) is 4.93. The number of hydrogen-bond donors (Lipinski definition) is 1. The minimum absolute atomic E-state index is 0.0333. The molecule has 2 rings (SSSR count). The molecule has 1 saturated heterocycles. The average Bonchev–Trinajstić information content (AvgIpc) is 2.36. The number of nitrogens with two attached hydrogens (primary N) is 1. The van der Waals surface area contributed by atoms with Crippen LogP contribution in [-0.2, 0) is 6.18 Å². The van der Waals surface area contributed by atoms with Crippen LogP contribution in [0.25, 0.3) is 0 Å². The zero-order chi connectivity index (χ0) is 15.8. The Balaban J connectivity index is 2.27. The number of hydrogen-bond acceptors (Lipinski definition) is 3. The Kier molecular flexibility index (Phi) is 3.94. The Bertz CT molecular complexity index is 511. The molecule has 1 fully saturated rings. The maximum Gasteiger partial charge on any atom is 0.416 e. The molecule has 0 aliphatic carbocycles. The van der Waals surface area contributed by atoms with E-state index in [0.29, 0.717) is 6.07 Å². The molecule has 1 aliphatic rings. The highest BCUT2D eigenvalue weighted by atomic mass is 19.4. The van der Waals surface area contributed by atoms with Crippen molar-refractivity contribution >= 4 is 11.6 Å². The van der Waals surface area contributed by atoms with Gasteiger partial charge in [0.1, 0.15) is 11.6 Å². The second-order valence-corrected chi connectivity index (χ2v) is 4.96. The number of alkyl halides is 6. The highest BCUT2D eigenvalue weighted by Crippen LogP contribution is 2.36. The van der Waals surface area contributed by atoms with E-state index in [1.165, 1.54) is 4.90 Å². The summed E-state index contributed by atoms with van der Waals surface area (Å²) in [5.74, 6) is -2.10. The van der Waals surface area contributed by atoms with Crippen molar-refractivity contribution in [3.63, 3.8) is 0 Å². The number of aromatic nitrogens is 1. The third-order valence-corrected chi connectivity index (χ3v) is 3.37. The van der Waals surface area contributed by atoms with Crippen molar-refractivity contribution in [1.82, 2.24) is 4.98 Å². The Labute approximate surface area is 116 Å². The van der Waals surface area contributed by atoms with Crippen LogP contribution in [0.5, 0.6) is 0 Å². The maximum atomic E-state index is 12.7. The SMILES string of the molecule is Nc1cc(C(F)(F)F)cc(N2CCCC(C(F)(F)F)C2)n1. The van der Waals surface area contributed by atoms with Crippen molar-refractivity contribution in [2.24, 2.45) is 5.92 Å². The largest absolute Gasteiger partial charge is 0.416 e. The molecule has 1 aromatic rings. The summed E-state index contributed by atoms with van der Waals surface area (Å²) in [6.45, 7) is -0.183. The molecule has 0 saturated carbocycles. The fourth-order valence-corrected chi connectivity index (χ4v) is 2.31. The monoisotopic (exact) mass is 313 g/mol. The van der Waals surface area contributed by atoms with Gasteiger partial charge in [0.2, 0.25) is 0 Å². The van der Waals surface area contributed by atoms with E-state index in [0.717, 1.165) is 6.07 Å². The van der Waals surface area contributed by atoms with Crippen LogP contribution in [0.4, 0.5) is 38.0 Å². The predicted molar refractivity (Wildman–Crippen MR) is 64.6 cm³/mol. The number of anilines is 2. The van der Waals surface area contributed by atoms with Gasteiger partial charge in [-0.3, -0.25) is 0 Å². The van der Waals surface area contributed by atoms with Gasteiger partial charge in [0.05, 0.1) is 11.5 Å². The van der Waals surface area contributed by atoms with Crippen molar-refractivity contribution in [2.75, 3.05) is 23.7 Å². The summed E-state index contributed by atoms with van der Waals surface area (Å²) >= 11 is 0. The Morgan fingerprint density at radius 1 is 1.14 bits per heavy atom. The van der Waals surface area contributed by atoms with Crippen molar-refractivity contribution in [3.05, 3.63) is 17.7 Å². The first-order chi connectivity index (χ1) is 9.57. The zero-order valence-corrected chi connectivity index (χ0v) is 10.8. The van der Waals surface area contributed by atoms with E-state index >= 15 is 0 Å². The normalized spacial score (nSPS) is 20.7. The lowest BCUT2D eigenvalue weighted by Crippen LogP contribution is -2.42. The van der Waals surface area contributed by atoms with Gasteiger partial charge in [-0.25, -0.2) is 4.98 Å². The molecule has 1 aromatic heterocycles. The molecular weight excluding hydrogens is 300 g/mol. The molecule has 0 radical (unpaired) electrons. The lowest BCUT2D eigenvalue weighted by Gasteiger charge is -2.34. The molecule has 9 heteroatoms. The van der Waals surface area contributed by atoms with Crippen molar-refractivity contribution in [3.8, 4) is 0 Å². The molecule has 1 atom stereocenters. The molecule has 0 aromatic carbocycles.